The number of nitrogens with zero attached hydrogens (tertiary/aromatic N) is 2. The molecular weight excluding hydrogens is 344 g/mol. The molecule has 2 aromatic rings. The molecule has 27 heavy (non-hydrogen) atoms. The van der Waals surface area contributed by atoms with Crippen LogP contribution >= 0.6 is 0 Å². The van der Waals surface area contributed by atoms with Crippen LogP contribution in [0.5, 0.6) is 5.75 Å². The van der Waals surface area contributed by atoms with E-state index in [2.05, 4.69) is 10.2 Å². The van der Waals surface area contributed by atoms with Crippen LogP contribution in [0, 0.1) is 0 Å². The molecule has 2 saturated heterocycles. The van der Waals surface area contributed by atoms with E-state index in [1.165, 1.54) is 0 Å². The standard InChI is InChI=1S/C20H26N4O3/c21-19(25)13-24-12-8-15-16(24)3-1-5-18(15)27-14-6-10-23(11-7-14)17-4-2-9-22-20(17)26/h1,3,5,8,12,14,17H,2,4,6-7,9-11,13H2,(H2,21,25)(H,22,26). The number of likely N-dealkylation sites (tertiary alicyclic amines) is 1. The summed E-state index contributed by atoms with van der Waals surface area (Å²) in [6.45, 7) is 2.71. The molecule has 3 heterocycles. The van der Waals surface area contributed by atoms with Gasteiger partial charge in [0.1, 0.15) is 18.4 Å². The molecule has 144 valence electrons. The molecule has 1 atom stereocenters. The van der Waals surface area contributed by atoms with Crippen LogP contribution in [0.4, 0.5) is 0 Å². The Morgan fingerprint density at radius 1 is 1.22 bits per heavy atom. The van der Waals surface area contributed by atoms with E-state index in [4.69, 9.17) is 10.5 Å². The molecule has 0 radical (unpaired) electrons. The lowest BCUT2D eigenvalue weighted by Crippen LogP contribution is -2.53. The second-order valence-corrected chi connectivity index (χ2v) is 7.40. The lowest BCUT2D eigenvalue weighted by Gasteiger charge is -2.38. The van der Waals surface area contributed by atoms with Crippen molar-refractivity contribution in [2.75, 3.05) is 19.6 Å². The first-order chi connectivity index (χ1) is 13.1. The number of nitrogens with one attached hydrogen (secondary N) is 1. The summed E-state index contributed by atoms with van der Waals surface area (Å²) >= 11 is 0. The summed E-state index contributed by atoms with van der Waals surface area (Å²) in [4.78, 5) is 25.6. The molecule has 2 aliphatic rings. The number of benzene rings is 1. The zero-order valence-corrected chi connectivity index (χ0v) is 15.4. The number of piperidine rings is 2. The summed E-state index contributed by atoms with van der Waals surface area (Å²) in [6.07, 6.45) is 5.82. The summed E-state index contributed by atoms with van der Waals surface area (Å²) in [5.74, 6) is 0.642. The van der Waals surface area contributed by atoms with Crippen LogP contribution in [0.3, 0.4) is 0 Å². The third-order valence-electron chi connectivity index (χ3n) is 5.57. The van der Waals surface area contributed by atoms with Crippen LogP contribution in [0.15, 0.2) is 30.5 Å². The zero-order chi connectivity index (χ0) is 18.8. The van der Waals surface area contributed by atoms with Crippen LogP contribution in [-0.2, 0) is 16.1 Å². The van der Waals surface area contributed by atoms with Crippen molar-refractivity contribution in [1.29, 1.82) is 0 Å². The molecule has 1 aromatic heterocycles. The van der Waals surface area contributed by atoms with E-state index in [0.717, 1.165) is 62.0 Å². The Bertz CT molecular complexity index is 839. The van der Waals surface area contributed by atoms with Gasteiger partial charge in [0.25, 0.3) is 0 Å². The Morgan fingerprint density at radius 2 is 2.04 bits per heavy atom. The highest BCUT2D eigenvalue weighted by molar-refractivity contribution is 5.88. The van der Waals surface area contributed by atoms with Crippen molar-refractivity contribution in [1.82, 2.24) is 14.8 Å². The minimum Gasteiger partial charge on any atom is -0.490 e. The summed E-state index contributed by atoms with van der Waals surface area (Å²) in [5, 5.41) is 3.96. The van der Waals surface area contributed by atoms with Crippen LogP contribution in [0.25, 0.3) is 10.9 Å². The van der Waals surface area contributed by atoms with Crippen molar-refractivity contribution in [2.24, 2.45) is 5.73 Å². The molecule has 2 amide bonds. The predicted octanol–water partition coefficient (Wildman–Crippen LogP) is 1.25. The normalized spacial score (nSPS) is 21.9. The number of aromatic nitrogens is 1. The summed E-state index contributed by atoms with van der Waals surface area (Å²) in [5.41, 5.74) is 6.27. The van der Waals surface area contributed by atoms with Crippen LogP contribution in [0.2, 0.25) is 0 Å². The number of amides is 2. The first-order valence-corrected chi connectivity index (χ1v) is 9.66. The van der Waals surface area contributed by atoms with Gasteiger partial charge in [-0.1, -0.05) is 6.07 Å². The Labute approximate surface area is 158 Å². The third-order valence-corrected chi connectivity index (χ3v) is 5.57. The second-order valence-electron chi connectivity index (χ2n) is 7.40. The van der Waals surface area contributed by atoms with Gasteiger partial charge in [0.2, 0.25) is 11.8 Å². The van der Waals surface area contributed by atoms with E-state index in [0.29, 0.717) is 0 Å². The predicted molar refractivity (Wildman–Crippen MR) is 102 cm³/mol. The Morgan fingerprint density at radius 3 is 2.78 bits per heavy atom. The fourth-order valence-electron chi connectivity index (χ4n) is 4.19. The SMILES string of the molecule is NC(=O)Cn1ccc2c(OC3CCN(C4CCCNC4=O)CC3)cccc21. The smallest absolute Gasteiger partial charge is 0.237 e. The van der Waals surface area contributed by atoms with Gasteiger partial charge in [0.15, 0.2) is 0 Å². The fraction of sp³-hybridized carbons (Fsp3) is 0.500. The molecule has 1 aromatic carbocycles. The molecule has 1 unspecified atom stereocenters. The topological polar surface area (TPSA) is 89.6 Å². The van der Waals surface area contributed by atoms with E-state index in [-0.39, 0.29) is 30.5 Å². The van der Waals surface area contributed by atoms with Gasteiger partial charge in [-0.15, -0.1) is 0 Å². The van der Waals surface area contributed by atoms with Crippen molar-refractivity contribution in [2.45, 2.75) is 44.4 Å². The van der Waals surface area contributed by atoms with Crippen molar-refractivity contribution >= 4 is 22.7 Å². The molecule has 0 bridgehead atoms. The molecule has 0 saturated carbocycles. The minimum absolute atomic E-state index is 0.0194. The van der Waals surface area contributed by atoms with Gasteiger partial charge < -0.3 is 20.4 Å². The first kappa shape index (κ1) is 17.9. The molecule has 7 nitrogen and oxygen atoms in total. The summed E-state index contributed by atoms with van der Waals surface area (Å²) in [6, 6.07) is 7.87. The average molecular weight is 370 g/mol. The van der Waals surface area contributed by atoms with Gasteiger partial charge in [-0.05, 0) is 43.9 Å². The minimum atomic E-state index is -0.363. The Kier molecular flexibility index (Phi) is 5.03. The number of hydrogen-bond donors (Lipinski definition) is 2. The second kappa shape index (κ2) is 7.60. The van der Waals surface area contributed by atoms with E-state index in [1.807, 2.05) is 35.0 Å². The highest BCUT2D eigenvalue weighted by Crippen LogP contribution is 2.29. The van der Waals surface area contributed by atoms with E-state index in [9.17, 15) is 9.59 Å². The molecular formula is C20H26N4O3. The first-order valence-electron chi connectivity index (χ1n) is 9.66. The van der Waals surface area contributed by atoms with Gasteiger partial charge in [0, 0.05) is 31.2 Å². The molecule has 2 aliphatic heterocycles. The molecule has 4 rings (SSSR count). The van der Waals surface area contributed by atoms with Gasteiger partial charge in [-0.25, -0.2) is 0 Å². The molecule has 0 spiro atoms. The van der Waals surface area contributed by atoms with Crippen LogP contribution < -0.4 is 15.8 Å². The van der Waals surface area contributed by atoms with Gasteiger partial charge >= 0.3 is 0 Å². The van der Waals surface area contributed by atoms with E-state index in [1.54, 1.807) is 0 Å². The number of hydrogen-bond acceptors (Lipinski definition) is 4. The number of primary amides is 1. The maximum absolute atomic E-state index is 12.1. The zero-order valence-electron chi connectivity index (χ0n) is 15.4. The molecule has 7 heteroatoms. The van der Waals surface area contributed by atoms with Crippen LogP contribution in [-0.4, -0.2) is 53.1 Å². The van der Waals surface area contributed by atoms with E-state index < -0.39 is 0 Å². The number of carbonyl (C=O) groups is 2. The average Bonchev–Trinajstić information content (AvgIpc) is 3.06. The molecule has 2 fully saturated rings. The van der Waals surface area contributed by atoms with Gasteiger partial charge in [-0.3, -0.25) is 14.5 Å². The van der Waals surface area contributed by atoms with E-state index >= 15 is 0 Å². The summed E-state index contributed by atoms with van der Waals surface area (Å²) < 4.78 is 8.13. The largest absolute Gasteiger partial charge is 0.490 e. The maximum Gasteiger partial charge on any atom is 0.237 e. The monoisotopic (exact) mass is 370 g/mol. The van der Waals surface area contributed by atoms with Gasteiger partial charge in [-0.2, -0.15) is 0 Å². The quantitative estimate of drug-likeness (QED) is 0.829. The number of carbonyl (C=O) groups excluding carboxylic acids is 2. The van der Waals surface area contributed by atoms with Crippen molar-refractivity contribution in [3.63, 3.8) is 0 Å². The molecule has 0 aliphatic carbocycles. The number of fused-ring (bicyclic) bond motifs is 1. The number of nitrogens with two attached hydrogens (primary N) is 1. The number of ether oxygens (including phenoxy) is 1. The Balaban J connectivity index is 1.41. The highest BCUT2D eigenvalue weighted by atomic mass is 16.5. The van der Waals surface area contributed by atoms with Crippen molar-refractivity contribution in [3.05, 3.63) is 30.5 Å². The van der Waals surface area contributed by atoms with Gasteiger partial charge in [0.05, 0.1) is 11.6 Å². The summed E-state index contributed by atoms with van der Waals surface area (Å²) in [7, 11) is 0. The Hall–Kier alpha value is -2.54. The lowest BCUT2D eigenvalue weighted by atomic mass is 10.00. The van der Waals surface area contributed by atoms with Crippen molar-refractivity contribution in [3.8, 4) is 5.75 Å². The highest BCUT2D eigenvalue weighted by Gasteiger charge is 2.31. The third kappa shape index (κ3) is 3.78. The number of rotatable bonds is 5. The van der Waals surface area contributed by atoms with Crippen LogP contribution in [0.1, 0.15) is 25.7 Å². The van der Waals surface area contributed by atoms with Crippen molar-refractivity contribution < 1.29 is 14.3 Å². The molecule has 3 N–H and O–H groups in total. The lowest BCUT2D eigenvalue weighted by molar-refractivity contribution is -0.129. The fourth-order valence-corrected chi connectivity index (χ4v) is 4.19. The maximum atomic E-state index is 12.1.